The molecule has 30 heavy (non-hydrogen) atoms. The van der Waals surface area contributed by atoms with Gasteiger partial charge in [-0.05, 0) is 85.7 Å². The fourth-order valence-electron chi connectivity index (χ4n) is 8.32. The van der Waals surface area contributed by atoms with Gasteiger partial charge in [0.05, 0.1) is 11.7 Å². The average molecular weight is 417 g/mol. The highest BCUT2D eigenvalue weighted by atomic mass is 16.3. The number of ketones is 1. The Labute approximate surface area is 183 Å². The number of allylic oxidation sites excluding steroid dienone is 1. The summed E-state index contributed by atoms with van der Waals surface area (Å²) in [5.41, 5.74) is 0.0168. The van der Waals surface area contributed by atoms with E-state index in [1.165, 1.54) is 19.3 Å². The van der Waals surface area contributed by atoms with Crippen LogP contribution >= 0.6 is 0 Å². The summed E-state index contributed by atoms with van der Waals surface area (Å²) in [6.07, 6.45) is 11.6. The topological polar surface area (TPSA) is 57.5 Å². The minimum absolute atomic E-state index is 0.0740. The van der Waals surface area contributed by atoms with E-state index in [-0.39, 0.29) is 28.6 Å². The molecular formula is C27H44O3. The van der Waals surface area contributed by atoms with E-state index in [2.05, 4.69) is 34.6 Å². The molecule has 0 unspecified atom stereocenters. The molecular weight excluding hydrogens is 372 g/mol. The molecule has 0 aromatic carbocycles. The number of fused-ring (bicyclic) bond motifs is 5. The summed E-state index contributed by atoms with van der Waals surface area (Å²) in [5.74, 6) is 2.28. The number of rotatable bonds is 5. The molecule has 4 aliphatic carbocycles. The van der Waals surface area contributed by atoms with Gasteiger partial charge in [-0.15, -0.1) is 0 Å². The number of hydrogen-bond acceptors (Lipinski definition) is 3. The third-order valence-corrected chi connectivity index (χ3v) is 10.3. The van der Waals surface area contributed by atoms with Gasteiger partial charge in [-0.2, -0.15) is 0 Å². The van der Waals surface area contributed by atoms with Crippen LogP contribution in [0.25, 0.3) is 0 Å². The molecule has 8 atom stereocenters. The Hall–Kier alpha value is -0.670. The van der Waals surface area contributed by atoms with Crippen molar-refractivity contribution in [2.75, 3.05) is 0 Å². The molecule has 0 bridgehead atoms. The summed E-state index contributed by atoms with van der Waals surface area (Å²) in [6.45, 7) is 11.6. The molecule has 3 fully saturated rings. The zero-order chi connectivity index (χ0) is 21.9. The van der Waals surface area contributed by atoms with Gasteiger partial charge in [0.15, 0.2) is 5.78 Å². The normalized spacial score (nSPS) is 46.8. The standard InChI is InChI=1S/C27H44O3/c1-17(2)7-6-8-18(3)20-11-14-27(30)22-16-24(29)23-15-19(28)9-12-25(23,4)21(22)10-13-26(20,27)5/h16-21,23,28,30H,6-15H2,1-5H3/t18-,19+,20-,21+,23+,25-,26-,27-/m1/s1. The highest BCUT2D eigenvalue weighted by molar-refractivity contribution is 5.95. The van der Waals surface area contributed by atoms with Crippen LogP contribution in [-0.2, 0) is 4.79 Å². The van der Waals surface area contributed by atoms with Crippen molar-refractivity contribution in [3.63, 3.8) is 0 Å². The second-order valence-corrected chi connectivity index (χ2v) is 12.3. The van der Waals surface area contributed by atoms with Gasteiger partial charge < -0.3 is 10.2 Å². The second kappa shape index (κ2) is 7.73. The maximum atomic E-state index is 13.2. The van der Waals surface area contributed by atoms with E-state index < -0.39 is 5.60 Å². The largest absolute Gasteiger partial charge is 0.393 e. The first kappa shape index (κ1) is 22.5. The lowest BCUT2D eigenvalue weighted by atomic mass is 9.46. The van der Waals surface area contributed by atoms with E-state index in [9.17, 15) is 15.0 Å². The van der Waals surface area contributed by atoms with Gasteiger partial charge in [0.25, 0.3) is 0 Å². The van der Waals surface area contributed by atoms with Crippen LogP contribution in [0.1, 0.15) is 98.8 Å². The van der Waals surface area contributed by atoms with Crippen LogP contribution in [0, 0.1) is 40.4 Å². The van der Waals surface area contributed by atoms with Crippen LogP contribution in [-0.4, -0.2) is 27.7 Å². The lowest BCUT2D eigenvalue weighted by Gasteiger charge is -2.59. The van der Waals surface area contributed by atoms with Crippen LogP contribution in [0.4, 0.5) is 0 Å². The quantitative estimate of drug-likeness (QED) is 0.606. The number of hydrogen-bond donors (Lipinski definition) is 2. The molecule has 0 amide bonds. The molecule has 2 N–H and O–H groups in total. The summed E-state index contributed by atoms with van der Waals surface area (Å²) >= 11 is 0. The minimum atomic E-state index is -0.827. The zero-order valence-electron chi connectivity index (χ0n) is 19.9. The van der Waals surface area contributed by atoms with E-state index in [1.807, 2.05) is 6.08 Å². The Bertz CT molecular complexity index is 711. The van der Waals surface area contributed by atoms with Crippen molar-refractivity contribution in [2.45, 2.75) is 111 Å². The first-order valence-electron chi connectivity index (χ1n) is 12.7. The van der Waals surface area contributed by atoms with E-state index in [0.717, 1.165) is 50.0 Å². The summed E-state index contributed by atoms with van der Waals surface area (Å²) in [4.78, 5) is 13.2. The Morgan fingerprint density at radius 3 is 2.47 bits per heavy atom. The maximum absolute atomic E-state index is 13.2. The Morgan fingerprint density at radius 1 is 1.03 bits per heavy atom. The Morgan fingerprint density at radius 2 is 1.77 bits per heavy atom. The third kappa shape index (κ3) is 3.25. The first-order valence-corrected chi connectivity index (χ1v) is 12.7. The smallest absolute Gasteiger partial charge is 0.159 e. The molecule has 0 spiro atoms. The van der Waals surface area contributed by atoms with Crippen molar-refractivity contribution < 1.29 is 15.0 Å². The monoisotopic (exact) mass is 416 g/mol. The predicted octanol–water partition coefficient (Wildman–Crippen LogP) is 5.68. The molecule has 0 aromatic rings. The molecule has 3 nitrogen and oxygen atoms in total. The van der Waals surface area contributed by atoms with Crippen LogP contribution < -0.4 is 0 Å². The summed E-state index contributed by atoms with van der Waals surface area (Å²) in [7, 11) is 0. The van der Waals surface area contributed by atoms with Crippen molar-refractivity contribution in [3.8, 4) is 0 Å². The maximum Gasteiger partial charge on any atom is 0.159 e. The lowest BCUT2D eigenvalue weighted by molar-refractivity contribution is -0.141. The van der Waals surface area contributed by atoms with Gasteiger partial charge in [0, 0.05) is 11.3 Å². The van der Waals surface area contributed by atoms with Gasteiger partial charge in [-0.1, -0.05) is 53.9 Å². The van der Waals surface area contributed by atoms with Crippen LogP contribution in [0.3, 0.4) is 0 Å². The molecule has 0 aromatic heterocycles. The average Bonchev–Trinajstić information content (AvgIpc) is 2.95. The highest BCUT2D eigenvalue weighted by Crippen LogP contribution is 2.68. The molecule has 0 radical (unpaired) electrons. The van der Waals surface area contributed by atoms with E-state index in [1.54, 1.807) is 0 Å². The molecule has 0 aliphatic heterocycles. The molecule has 4 rings (SSSR count). The zero-order valence-corrected chi connectivity index (χ0v) is 19.9. The minimum Gasteiger partial charge on any atom is -0.393 e. The number of carbonyl (C=O) groups excluding carboxylic acids is 1. The SMILES string of the molecule is CC(C)CCC[C@@H](C)[C@H]1CC[C@@]2(O)C3=CC(=O)[C@@H]4C[C@@H](O)CC[C@]4(C)[C@H]3CC[C@]12C. The highest BCUT2D eigenvalue weighted by Gasteiger charge is 2.66. The summed E-state index contributed by atoms with van der Waals surface area (Å²) in [5, 5.41) is 22.4. The fraction of sp³-hybridized carbons (Fsp3) is 0.889. The van der Waals surface area contributed by atoms with Gasteiger partial charge >= 0.3 is 0 Å². The number of aliphatic hydroxyl groups excluding tert-OH is 1. The molecule has 170 valence electrons. The molecule has 3 saturated carbocycles. The molecule has 4 aliphatic rings. The summed E-state index contributed by atoms with van der Waals surface area (Å²) in [6, 6.07) is 0. The molecule has 0 heterocycles. The van der Waals surface area contributed by atoms with Crippen molar-refractivity contribution in [3.05, 3.63) is 11.6 Å². The van der Waals surface area contributed by atoms with Gasteiger partial charge in [-0.3, -0.25) is 4.79 Å². The van der Waals surface area contributed by atoms with Crippen molar-refractivity contribution in [1.82, 2.24) is 0 Å². The van der Waals surface area contributed by atoms with Gasteiger partial charge in [0.1, 0.15) is 0 Å². The lowest BCUT2D eigenvalue weighted by Crippen LogP contribution is -2.59. The van der Waals surface area contributed by atoms with E-state index in [4.69, 9.17) is 0 Å². The predicted molar refractivity (Wildman–Crippen MR) is 121 cm³/mol. The number of aliphatic hydroxyl groups is 2. The molecule has 0 saturated heterocycles. The van der Waals surface area contributed by atoms with Gasteiger partial charge in [0.2, 0.25) is 0 Å². The fourth-order valence-corrected chi connectivity index (χ4v) is 8.32. The summed E-state index contributed by atoms with van der Waals surface area (Å²) < 4.78 is 0. The Balaban J connectivity index is 1.61. The van der Waals surface area contributed by atoms with Crippen LogP contribution in [0.2, 0.25) is 0 Å². The number of carbonyl (C=O) groups is 1. The van der Waals surface area contributed by atoms with Gasteiger partial charge in [-0.25, -0.2) is 0 Å². The first-order chi connectivity index (χ1) is 14.0. The van der Waals surface area contributed by atoms with E-state index >= 15 is 0 Å². The second-order valence-electron chi connectivity index (χ2n) is 12.3. The Kier molecular flexibility index (Phi) is 5.80. The van der Waals surface area contributed by atoms with Crippen LogP contribution in [0.15, 0.2) is 11.6 Å². The van der Waals surface area contributed by atoms with Crippen LogP contribution in [0.5, 0.6) is 0 Å². The molecule has 3 heteroatoms. The van der Waals surface area contributed by atoms with Crippen molar-refractivity contribution in [1.29, 1.82) is 0 Å². The van der Waals surface area contributed by atoms with E-state index in [0.29, 0.717) is 24.2 Å². The van der Waals surface area contributed by atoms with Crippen molar-refractivity contribution in [2.24, 2.45) is 40.4 Å². The van der Waals surface area contributed by atoms with Crippen molar-refractivity contribution >= 4 is 5.78 Å². The third-order valence-electron chi connectivity index (χ3n) is 10.3.